The second kappa shape index (κ2) is 7.12. The van der Waals surface area contributed by atoms with E-state index in [4.69, 9.17) is 0 Å². The zero-order valence-corrected chi connectivity index (χ0v) is 13.7. The molecule has 3 nitrogen and oxygen atoms in total. The Morgan fingerprint density at radius 2 is 1.00 bits per heavy atom. The average molecular weight is 296 g/mol. The Bertz CT molecular complexity index is 557. The highest BCUT2D eigenvalue weighted by Crippen LogP contribution is 2.17. The van der Waals surface area contributed by atoms with Crippen LogP contribution in [0.25, 0.3) is 0 Å². The molecular formula is C19H24N2O. The Morgan fingerprint density at radius 3 is 1.27 bits per heavy atom. The van der Waals surface area contributed by atoms with Crippen molar-refractivity contribution in [1.29, 1.82) is 0 Å². The van der Waals surface area contributed by atoms with E-state index in [1.165, 1.54) is 0 Å². The Morgan fingerprint density at radius 1 is 0.682 bits per heavy atom. The van der Waals surface area contributed by atoms with Gasteiger partial charge in [-0.3, -0.25) is 4.79 Å². The van der Waals surface area contributed by atoms with E-state index in [1.807, 2.05) is 48.5 Å². The van der Waals surface area contributed by atoms with Gasteiger partial charge in [-0.1, -0.05) is 0 Å². The fraction of sp³-hybridized carbons (Fsp3) is 0.316. The van der Waals surface area contributed by atoms with Gasteiger partial charge >= 0.3 is 0 Å². The number of carbonyl (C=O) groups excluding carboxylic acids is 1. The van der Waals surface area contributed by atoms with E-state index < -0.39 is 0 Å². The number of carbonyl (C=O) groups is 1. The van der Waals surface area contributed by atoms with Crippen LogP contribution in [0.15, 0.2) is 48.5 Å². The molecule has 0 saturated heterocycles. The van der Waals surface area contributed by atoms with Gasteiger partial charge < -0.3 is 10.6 Å². The lowest BCUT2D eigenvalue weighted by atomic mass is 10.0. The van der Waals surface area contributed by atoms with E-state index in [2.05, 4.69) is 38.3 Å². The van der Waals surface area contributed by atoms with Crippen molar-refractivity contribution in [2.75, 3.05) is 10.6 Å². The van der Waals surface area contributed by atoms with Gasteiger partial charge in [-0.15, -0.1) is 0 Å². The summed E-state index contributed by atoms with van der Waals surface area (Å²) in [6.45, 7) is 8.36. The van der Waals surface area contributed by atoms with Crippen LogP contribution in [0.2, 0.25) is 0 Å². The molecule has 3 heteroatoms. The van der Waals surface area contributed by atoms with Crippen LogP contribution in [0.5, 0.6) is 0 Å². The van der Waals surface area contributed by atoms with Crippen LogP contribution >= 0.6 is 0 Å². The summed E-state index contributed by atoms with van der Waals surface area (Å²) in [7, 11) is 0. The Kier molecular flexibility index (Phi) is 5.21. The van der Waals surface area contributed by atoms with E-state index in [-0.39, 0.29) is 5.78 Å². The van der Waals surface area contributed by atoms with E-state index >= 15 is 0 Å². The summed E-state index contributed by atoms with van der Waals surface area (Å²) in [5, 5.41) is 6.63. The van der Waals surface area contributed by atoms with Crippen LogP contribution in [0.4, 0.5) is 11.4 Å². The van der Waals surface area contributed by atoms with Crippen molar-refractivity contribution in [2.24, 2.45) is 0 Å². The lowest BCUT2D eigenvalue weighted by Gasteiger charge is -2.11. The van der Waals surface area contributed by atoms with Gasteiger partial charge in [0.25, 0.3) is 0 Å². The smallest absolute Gasteiger partial charge is 0.193 e. The first-order valence-electron chi connectivity index (χ1n) is 7.73. The van der Waals surface area contributed by atoms with Crippen molar-refractivity contribution in [3.8, 4) is 0 Å². The number of ketones is 1. The number of rotatable bonds is 6. The van der Waals surface area contributed by atoms with Gasteiger partial charge in [-0.05, 0) is 76.2 Å². The quantitative estimate of drug-likeness (QED) is 0.768. The van der Waals surface area contributed by atoms with E-state index in [9.17, 15) is 4.79 Å². The summed E-state index contributed by atoms with van der Waals surface area (Å²) in [5.41, 5.74) is 3.48. The van der Waals surface area contributed by atoms with Crippen LogP contribution in [0.3, 0.4) is 0 Å². The number of benzene rings is 2. The second-order valence-electron chi connectivity index (χ2n) is 6.08. The number of hydrogen-bond donors (Lipinski definition) is 2. The summed E-state index contributed by atoms with van der Waals surface area (Å²) in [5.74, 6) is 0.0483. The first-order chi connectivity index (χ1) is 10.5. The van der Waals surface area contributed by atoms with Crippen molar-refractivity contribution in [1.82, 2.24) is 0 Å². The Balaban J connectivity index is 2.10. The van der Waals surface area contributed by atoms with Crippen LogP contribution in [0.1, 0.15) is 43.6 Å². The maximum absolute atomic E-state index is 12.5. The molecule has 0 saturated carbocycles. The predicted octanol–water partition coefficient (Wildman–Crippen LogP) is 4.56. The molecule has 116 valence electrons. The van der Waals surface area contributed by atoms with E-state index in [1.54, 1.807) is 0 Å². The van der Waals surface area contributed by atoms with Crippen LogP contribution in [-0.2, 0) is 0 Å². The number of anilines is 2. The third-order valence-corrected chi connectivity index (χ3v) is 3.20. The third-order valence-electron chi connectivity index (χ3n) is 3.20. The van der Waals surface area contributed by atoms with Crippen molar-refractivity contribution in [2.45, 2.75) is 39.8 Å². The van der Waals surface area contributed by atoms with E-state index in [0.29, 0.717) is 23.2 Å². The van der Waals surface area contributed by atoms with Gasteiger partial charge in [0, 0.05) is 34.6 Å². The van der Waals surface area contributed by atoms with Crippen molar-refractivity contribution >= 4 is 17.2 Å². The molecule has 0 aliphatic carbocycles. The largest absolute Gasteiger partial charge is 0.383 e. The molecule has 2 aromatic rings. The zero-order valence-electron chi connectivity index (χ0n) is 13.7. The Labute approximate surface area is 132 Å². The molecule has 0 heterocycles. The SMILES string of the molecule is CC(C)Nc1ccc(C(=O)c2ccc(NC(C)C)cc2)cc1. The second-order valence-corrected chi connectivity index (χ2v) is 6.08. The van der Waals surface area contributed by atoms with Gasteiger partial charge in [-0.2, -0.15) is 0 Å². The third kappa shape index (κ3) is 4.35. The van der Waals surface area contributed by atoms with Crippen LogP contribution < -0.4 is 10.6 Å². The molecule has 0 aliphatic heterocycles. The molecule has 0 amide bonds. The fourth-order valence-corrected chi connectivity index (χ4v) is 2.27. The van der Waals surface area contributed by atoms with Crippen molar-refractivity contribution < 1.29 is 4.79 Å². The summed E-state index contributed by atoms with van der Waals surface area (Å²) < 4.78 is 0. The highest BCUT2D eigenvalue weighted by molar-refractivity contribution is 6.09. The molecule has 2 rings (SSSR count). The molecule has 0 radical (unpaired) electrons. The molecule has 0 unspecified atom stereocenters. The monoisotopic (exact) mass is 296 g/mol. The average Bonchev–Trinajstić information content (AvgIpc) is 2.47. The standard InChI is InChI=1S/C19H24N2O/c1-13(2)20-17-9-5-15(6-10-17)19(22)16-7-11-18(12-8-16)21-14(3)4/h5-14,20-21H,1-4H3. The summed E-state index contributed by atoms with van der Waals surface area (Å²) in [6.07, 6.45) is 0. The lowest BCUT2D eigenvalue weighted by molar-refractivity contribution is 0.103. The number of hydrogen-bond acceptors (Lipinski definition) is 3. The minimum absolute atomic E-state index is 0.0483. The van der Waals surface area contributed by atoms with Crippen LogP contribution in [-0.4, -0.2) is 17.9 Å². The molecule has 0 aromatic heterocycles. The molecule has 0 fully saturated rings. The summed E-state index contributed by atoms with van der Waals surface area (Å²) >= 11 is 0. The Hall–Kier alpha value is -2.29. The maximum Gasteiger partial charge on any atom is 0.193 e. The van der Waals surface area contributed by atoms with Gasteiger partial charge in [0.05, 0.1) is 0 Å². The lowest BCUT2D eigenvalue weighted by Crippen LogP contribution is -2.10. The van der Waals surface area contributed by atoms with Gasteiger partial charge in [0.2, 0.25) is 0 Å². The minimum atomic E-state index is 0.0483. The molecule has 0 aliphatic rings. The molecule has 2 N–H and O–H groups in total. The van der Waals surface area contributed by atoms with Gasteiger partial charge in [0.1, 0.15) is 0 Å². The first-order valence-corrected chi connectivity index (χ1v) is 7.73. The van der Waals surface area contributed by atoms with Gasteiger partial charge in [0.15, 0.2) is 5.78 Å². The van der Waals surface area contributed by atoms with Crippen LogP contribution in [0, 0.1) is 0 Å². The molecule has 0 bridgehead atoms. The molecule has 0 spiro atoms. The summed E-state index contributed by atoms with van der Waals surface area (Å²) in [6, 6.07) is 16.0. The zero-order chi connectivity index (χ0) is 16.1. The molecular weight excluding hydrogens is 272 g/mol. The topological polar surface area (TPSA) is 41.1 Å². The van der Waals surface area contributed by atoms with E-state index in [0.717, 1.165) is 11.4 Å². The molecule has 2 aromatic carbocycles. The van der Waals surface area contributed by atoms with Gasteiger partial charge in [-0.25, -0.2) is 0 Å². The first kappa shape index (κ1) is 16.1. The highest BCUT2D eigenvalue weighted by Gasteiger charge is 2.09. The highest BCUT2D eigenvalue weighted by atomic mass is 16.1. The minimum Gasteiger partial charge on any atom is -0.383 e. The summed E-state index contributed by atoms with van der Waals surface area (Å²) in [4.78, 5) is 12.5. The van der Waals surface area contributed by atoms with Crippen molar-refractivity contribution in [3.63, 3.8) is 0 Å². The number of nitrogens with one attached hydrogen (secondary N) is 2. The van der Waals surface area contributed by atoms with Crippen molar-refractivity contribution in [3.05, 3.63) is 59.7 Å². The molecule has 22 heavy (non-hydrogen) atoms. The predicted molar refractivity (Wildman–Crippen MR) is 93.8 cm³/mol. The fourth-order valence-electron chi connectivity index (χ4n) is 2.27. The maximum atomic E-state index is 12.5. The molecule has 0 atom stereocenters. The normalized spacial score (nSPS) is 10.8.